The topological polar surface area (TPSA) is 127 Å². The van der Waals surface area contributed by atoms with Crippen molar-refractivity contribution in [1.82, 2.24) is 19.1 Å². The predicted molar refractivity (Wildman–Crippen MR) is 200 cm³/mol. The SMILES string of the molecule is COc1ccc(C2CCCCC2)c2c1cc1n2CC2=C(C(=O)NS(N)(=O)=O)C2=C2C=CC[C@@H](C(=O)N3CCC[C@@H]4CN(Cc5ccccc5)C[C@@H]43)C21. The van der Waals surface area contributed by atoms with Crippen LogP contribution in [0.1, 0.15) is 80.0 Å². The minimum absolute atomic E-state index is 0.160. The molecule has 0 radical (unpaired) electrons. The zero-order chi connectivity index (χ0) is 35.7. The fourth-order valence-corrected chi connectivity index (χ4v) is 10.8. The van der Waals surface area contributed by atoms with Gasteiger partial charge in [0.2, 0.25) is 5.91 Å². The van der Waals surface area contributed by atoms with E-state index in [0.29, 0.717) is 30.4 Å². The Balaban J connectivity index is 1.14. The van der Waals surface area contributed by atoms with Gasteiger partial charge in [-0.05, 0) is 83.9 Å². The summed E-state index contributed by atoms with van der Waals surface area (Å²) in [6.07, 6.45) is 12.7. The van der Waals surface area contributed by atoms with Crippen LogP contribution in [-0.2, 0) is 32.9 Å². The molecular formula is C41H47N5O5S. The second-order valence-electron chi connectivity index (χ2n) is 15.7. The van der Waals surface area contributed by atoms with Crippen LogP contribution in [0.5, 0.6) is 5.75 Å². The highest BCUT2D eigenvalue weighted by Crippen LogP contribution is 2.55. The number of hydrogen-bond donors (Lipinski definition) is 2. The second kappa shape index (κ2) is 13.0. The fourth-order valence-electron chi connectivity index (χ4n) is 10.4. The Hall–Kier alpha value is -4.19. The molecule has 0 bridgehead atoms. The zero-order valence-electron chi connectivity index (χ0n) is 29.7. The van der Waals surface area contributed by atoms with Gasteiger partial charge in [-0.3, -0.25) is 14.5 Å². The van der Waals surface area contributed by atoms with Crippen molar-refractivity contribution in [2.24, 2.45) is 17.0 Å². The van der Waals surface area contributed by atoms with Crippen molar-refractivity contribution in [3.05, 3.63) is 99.8 Å². The number of aromatic nitrogens is 1. The lowest BCUT2D eigenvalue weighted by molar-refractivity contribution is -0.140. The maximum atomic E-state index is 15.1. The molecule has 2 amide bonds. The molecule has 11 heteroatoms. The number of piperidine rings is 1. The third kappa shape index (κ3) is 5.81. The lowest BCUT2D eigenvalue weighted by atomic mass is 9.75. The number of amides is 2. The van der Waals surface area contributed by atoms with Crippen molar-refractivity contribution in [2.45, 2.75) is 82.3 Å². The number of hydrogen-bond acceptors (Lipinski definition) is 6. The molecule has 3 aromatic rings. The lowest BCUT2D eigenvalue weighted by Gasteiger charge is -2.41. The van der Waals surface area contributed by atoms with Gasteiger partial charge in [-0.1, -0.05) is 67.8 Å². The van der Waals surface area contributed by atoms with Crippen LogP contribution >= 0.6 is 0 Å². The highest BCUT2D eigenvalue weighted by molar-refractivity contribution is 7.87. The molecule has 52 heavy (non-hydrogen) atoms. The van der Waals surface area contributed by atoms with E-state index in [4.69, 9.17) is 9.88 Å². The number of carbonyl (C=O) groups is 2. The van der Waals surface area contributed by atoms with Crippen LogP contribution in [0.4, 0.5) is 0 Å². The molecular weight excluding hydrogens is 675 g/mol. The molecule has 1 unspecified atom stereocenters. The molecule has 9 rings (SSSR count). The van der Waals surface area contributed by atoms with Crippen LogP contribution in [-0.4, -0.2) is 67.4 Å². The number of fused-ring (bicyclic) bond motifs is 7. The van der Waals surface area contributed by atoms with Crippen LogP contribution in [0.15, 0.2) is 83.0 Å². The molecule has 6 aliphatic rings. The Bertz CT molecular complexity index is 2160. The van der Waals surface area contributed by atoms with Gasteiger partial charge in [-0.25, -0.2) is 9.86 Å². The van der Waals surface area contributed by atoms with Gasteiger partial charge in [0.25, 0.3) is 16.1 Å². The molecule has 3 aliphatic carbocycles. The Morgan fingerprint density at radius 3 is 2.58 bits per heavy atom. The van der Waals surface area contributed by atoms with Crippen LogP contribution in [0, 0.1) is 11.8 Å². The zero-order valence-corrected chi connectivity index (χ0v) is 30.5. The average Bonchev–Trinajstić information content (AvgIpc) is 3.56. The number of ether oxygens (including phenoxy) is 1. The van der Waals surface area contributed by atoms with Crippen LogP contribution in [0.25, 0.3) is 10.9 Å². The van der Waals surface area contributed by atoms with E-state index in [9.17, 15) is 13.2 Å². The van der Waals surface area contributed by atoms with Gasteiger partial charge in [0, 0.05) is 55.8 Å². The Kier molecular flexibility index (Phi) is 8.43. The molecule has 272 valence electrons. The summed E-state index contributed by atoms with van der Waals surface area (Å²) in [6, 6.07) is 17.2. The first kappa shape index (κ1) is 33.6. The van der Waals surface area contributed by atoms with E-state index in [0.717, 1.165) is 90.9 Å². The molecule has 2 saturated heterocycles. The summed E-state index contributed by atoms with van der Waals surface area (Å²) in [5.41, 5.74) is 7.56. The van der Waals surface area contributed by atoms with Gasteiger partial charge in [-0.2, -0.15) is 8.42 Å². The van der Waals surface area contributed by atoms with Crippen LogP contribution in [0.3, 0.4) is 0 Å². The fraction of sp³-hybridized carbons (Fsp3) is 0.463. The Morgan fingerprint density at radius 1 is 1.00 bits per heavy atom. The van der Waals surface area contributed by atoms with E-state index in [1.54, 1.807) is 7.11 Å². The van der Waals surface area contributed by atoms with Gasteiger partial charge >= 0.3 is 0 Å². The van der Waals surface area contributed by atoms with Gasteiger partial charge in [0.1, 0.15) is 5.75 Å². The molecule has 4 heterocycles. The summed E-state index contributed by atoms with van der Waals surface area (Å²) in [5.74, 6) is 0.396. The summed E-state index contributed by atoms with van der Waals surface area (Å²) in [4.78, 5) is 33.3. The summed E-state index contributed by atoms with van der Waals surface area (Å²) >= 11 is 0. The van der Waals surface area contributed by atoms with Crippen molar-refractivity contribution in [2.75, 3.05) is 26.7 Å². The monoisotopic (exact) mass is 721 g/mol. The van der Waals surface area contributed by atoms with Crippen molar-refractivity contribution in [3.63, 3.8) is 0 Å². The molecule has 10 nitrogen and oxygen atoms in total. The highest BCUT2D eigenvalue weighted by Gasteiger charge is 2.50. The molecule has 0 spiro atoms. The second-order valence-corrected chi connectivity index (χ2v) is 17.0. The smallest absolute Gasteiger partial charge is 0.298 e. The molecule has 2 aromatic carbocycles. The molecule has 4 atom stereocenters. The number of methoxy groups -OCH3 is 1. The van der Waals surface area contributed by atoms with Gasteiger partial charge in [-0.15, -0.1) is 0 Å². The predicted octanol–water partition coefficient (Wildman–Crippen LogP) is 5.42. The number of likely N-dealkylation sites (tertiary alicyclic amines) is 2. The van der Waals surface area contributed by atoms with Crippen molar-refractivity contribution in [1.29, 1.82) is 0 Å². The highest BCUT2D eigenvalue weighted by atomic mass is 32.2. The van der Waals surface area contributed by atoms with Crippen molar-refractivity contribution in [3.8, 4) is 5.75 Å². The van der Waals surface area contributed by atoms with Gasteiger partial charge in [0.05, 0.1) is 24.1 Å². The number of nitrogens with one attached hydrogen (secondary N) is 1. The van der Waals surface area contributed by atoms with Crippen molar-refractivity contribution >= 4 is 32.9 Å². The minimum Gasteiger partial charge on any atom is -0.496 e. The first-order valence-corrected chi connectivity index (χ1v) is 20.5. The standard InChI is InChI=1S/C41H47N5O5S/c1-51-35-18-17-28(26-12-6-3-7-13-26)39-31(35)20-33-36-29(37-32(23-46(33)39)38(37)40(47)43-52(42,49)50)15-8-16-30(36)41(48)45-19-9-14-27-22-44(24-34(27)45)21-25-10-4-2-5-11-25/h2,4-5,8,10-11,15,17-18,20,26-27,30,34,36H,3,6-7,9,12-14,16,19,21-24H2,1H3,(H,43,47)(H2,42,49,50)/t27-,30-,34+,36?/m1/s1. The van der Waals surface area contributed by atoms with E-state index in [-0.39, 0.29) is 23.8 Å². The number of benzene rings is 2. The van der Waals surface area contributed by atoms with E-state index in [1.807, 2.05) is 10.8 Å². The number of nitrogens with two attached hydrogens (primary N) is 1. The molecule has 1 aromatic heterocycles. The summed E-state index contributed by atoms with van der Waals surface area (Å²) in [5, 5.41) is 6.30. The molecule has 3 aliphatic heterocycles. The maximum Gasteiger partial charge on any atom is 0.298 e. The van der Waals surface area contributed by atoms with E-state index >= 15 is 4.79 Å². The van der Waals surface area contributed by atoms with Crippen molar-refractivity contribution < 1.29 is 22.7 Å². The molecule has 3 N–H and O–H groups in total. The number of carbonyl (C=O) groups excluding carboxylic acids is 2. The quantitative estimate of drug-likeness (QED) is 0.336. The van der Waals surface area contributed by atoms with Crippen LogP contribution in [0.2, 0.25) is 0 Å². The summed E-state index contributed by atoms with van der Waals surface area (Å²) in [6.45, 7) is 3.88. The minimum atomic E-state index is -4.26. The number of allylic oxidation sites excluding steroid dienone is 4. The molecule has 1 saturated carbocycles. The van der Waals surface area contributed by atoms with E-state index in [2.05, 4.69) is 69.0 Å². The van der Waals surface area contributed by atoms with Gasteiger partial charge < -0.3 is 14.2 Å². The summed E-state index contributed by atoms with van der Waals surface area (Å²) < 4.78 is 34.3. The third-order valence-corrected chi connectivity index (χ3v) is 13.1. The maximum absolute atomic E-state index is 15.1. The largest absolute Gasteiger partial charge is 0.496 e. The first-order valence-electron chi connectivity index (χ1n) is 19.0. The van der Waals surface area contributed by atoms with E-state index in [1.165, 1.54) is 30.4 Å². The van der Waals surface area contributed by atoms with Crippen LogP contribution < -0.4 is 14.6 Å². The first-order chi connectivity index (χ1) is 25.2. The lowest BCUT2D eigenvalue weighted by Crippen LogP contribution is -2.51. The average molecular weight is 722 g/mol. The summed E-state index contributed by atoms with van der Waals surface area (Å²) in [7, 11) is -2.56. The number of rotatable bonds is 7. The Morgan fingerprint density at radius 2 is 1.81 bits per heavy atom. The number of nitrogens with zero attached hydrogens (tertiary/aromatic N) is 3. The molecule has 3 fully saturated rings. The van der Waals surface area contributed by atoms with E-state index < -0.39 is 16.1 Å². The van der Waals surface area contributed by atoms with Gasteiger partial charge in [0.15, 0.2) is 0 Å². The normalized spacial score (nSPS) is 26.1. The third-order valence-electron chi connectivity index (χ3n) is 12.7. The Labute approximate surface area is 305 Å².